The Kier molecular flexibility index (Phi) is 5.83. The second-order valence-corrected chi connectivity index (χ2v) is 6.71. The minimum Gasteiger partial charge on any atom is -0.493 e. The molecule has 0 spiro atoms. The lowest BCUT2D eigenvalue weighted by molar-refractivity contribution is 0.135. The number of rotatable bonds is 7. The molecule has 0 amide bonds. The van der Waals surface area contributed by atoms with E-state index in [0.717, 1.165) is 69.0 Å². The van der Waals surface area contributed by atoms with Crippen LogP contribution < -0.4 is 15.3 Å². The van der Waals surface area contributed by atoms with E-state index in [9.17, 15) is 0 Å². The highest BCUT2D eigenvalue weighted by Gasteiger charge is 2.18. The van der Waals surface area contributed by atoms with Crippen LogP contribution in [0.15, 0.2) is 12.1 Å². The summed E-state index contributed by atoms with van der Waals surface area (Å²) < 4.78 is 11.0. The van der Waals surface area contributed by atoms with Crippen molar-refractivity contribution in [2.75, 3.05) is 46.9 Å². The molecule has 2 aromatic rings. The molecule has 138 valence electrons. The van der Waals surface area contributed by atoms with Crippen molar-refractivity contribution in [1.82, 2.24) is 14.9 Å². The summed E-state index contributed by atoms with van der Waals surface area (Å²) in [5.74, 6) is 7.42. The number of hydrazine groups is 1. The van der Waals surface area contributed by atoms with Gasteiger partial charge in [0, 0.05) is 55.4 Å². The predicted octanol–water partition coefficient (Wildman–Crippen LogP) is 2.17. The Morgan fingerprint density at radius 3 is 2.36 bits per heavy atom. The molecule has 1 aromatic carbocycles. The number of nitrogens with one attached hydrogen (secondary N) is 1. The highest BCUT2D eigenvalue weighted by molar-refractivity contribution is 5.88. The second kappa shape index (κ2) is 8.08. The maximum Gasteiger partial charge on any atom is 0.162 e. The van der Waals surface area contributed by atoms with E-state index < -0.39 is 0 Å². The monoisotopic (exact) mass is 346 g/mol. The molecular weight excluding hydrogens is 316 g/mol. The Morgan fingerprint density at radius 1 is 1.04 bits per heavy atom. The van der Waals surface area contributed by atoms with Crippen molar-refractivity contribution in [1.29, 1.82) is 0 Å². The number of H-pyrrole nitrogens is 1. The number of methoxy groups -OCH3 is 2. The molecule has 1 aliphatic rings. The minimum atomic E-state index is 0.768. The molecule has 6 nitrogen and oxygen atoms in total. The number of piperazine rings is 1. The molecule has 0 radical (unpaired) electrons. The quantitative estimate of drug-likeness (QED) is 0.752. The third kappa shape index (κ3) is 3.92. The van der Waals surface area contributed by atoms with E-state index in [1.165, 1.54) is 16.6 Å². The first-order valence-corrected chi connectivity index (χ1v) is 9.13. The van der Waals surface area contributed by atoms with E-state index in [1.807, 2.05) is 11.1 Å². The van der Waals surface area contributed by atoms with Crippen molar-refractivity contribution in [3.05, 3.63) is 23.4 Å². The van der Waals surface area contributed by atoms with Gasteiger partial charge in [-0.2, -0.15) is 0 Å². The Morgan fingerprint density at radius 2 is 1.72 bits per heavy atom. The molecule has 0 aliphatic carbocycles. The zero-order valence-electron chi connectivity index (χ0n) is 15.6. The maximum atomic E-state index is 5.86. The van der Waals surface area contributed by atoms with E-state index in [2.05, 4.69) is 22.9 Å². The van der Waals surface area contributed by atoms with Crippen LogP contribution in [0.5, 0.6) is 11.5 Å². The number of ether oxygens (including phenoxy) is 2. The van der Waals surface area contributed by atoms with Crippen LogP contribution in [-0.4, -0.2) is 61.8 Å². The van der Waals surface area contributed by atoms with Gasteiger partial charge in [0.05, 0.1) is 14.2 Å². The van der Waals surface area contributed by atoms with Crippen LogP contribution in [0.3, 0.4) is 0 Å². The Balaban J connectivity index is 1.87. The fourth-order valence-electron chi connectivity index (χ4n) is 3.64. The van der Waals surface area contributed by atoms with Crippen LogP contribution >= 0.6 is 0 Å². The predicted molar refractivity (Wildman–Crippen MR) is 101 cm³/mol. The molecule has 6 heteroatoms. The number of nitrogens with two attached hydrogens (primary N) is 1. The van der Waals surface area contributed by atoms with E-state index in [0.29, 0.717) is 0 Å². The Labute approximate surface area is 149 Å². The third-order valence-corrected chi connectivity index (χ3v) is 5.08. The lowest BCUT2D eigenvalue weighted by Gasteiger charge is -2.31. The smallest absolute Gasteiger partial charge is 0.162 e. The molecule has 0 atom stereocenters. The van der Waals surface area contributed by atoms with Gasteiger partial charge >= 0.3 is 0 Å². The summed E-state index contributed by atoms with van der Waals surface area (Å²) in [6.07, 6.45) is 3.22. The lowest BCUT2D eigenvalue weighted by atomic mass is 10.0. The summed E-state index contributed by atoms with van der Waals surface area (Å²) in [6.45, 7) is 7.25. The number of benzene rings is 1. The van der Waals surface area contributed by atoms with Gasteiger partial charge in [-0.15, -0.1) is 0 Å². The van der Waals surface area contributed by atoms with Gasteiger partial charge < -0.3 is 19.4 Å². The van der Waals surface area contributed by atoms with E-state index in [-0.39, 0.29) is 0 Å². The van der Waals surface area contributed by atoms with Gasteiger partial charge in [-0.05, 0) is 24.5 Å². The van der Waals surface area contributed by atoms with Crippen molar-refractivity contribution in [3.8, 4) is 11.5 Å². The van der Waals surface area contributed by atoms with Gasteiger partial charge in [0.1, 0.15) is 0 Å². The van der Waals surface area contributed by atoms with Gasteiger partial charge in [-0.25, -0.2) is 5.01 Å². The number of aryl methyl sites for hydroxylation is 1. The van der Waals surface area contributed by atoms with Crippen molar-refractivity contribution in [3.63, 3.8) is 0 Å². The summed E-state index contributed by atoms with van der Waals surface area (Å²) in [5.41, 5.74) is 3.88. The molecule has 0 saturated carbocycles. The summed E-state index contributed by atoms with van der Waals surface area (Å²) in [6, 6.07) is 4.15. The molecule has 1 saturated heterocycles. The maximum absolute atomic E-state index is 5.86. The van der Waals surface area contributed by atoms with Crippen LogP contribution in [0.25, 0.3) is 10.9 Å². The van der Waals surface area contributed by atoms with Gasteiger partial charge in [-0.1, -0.05) is 13.3 Å². The Bertz CT molecular complexity index is 705. The van der Waals surface area contributed by atoms with Crippen molar-refractivity contribution < 1.29 is 9.47 Å². The van der Waals surface area contributed by atoms with Crippen LogP contribution in [0.1, 0.15) is 24.6 Å². The van der Waals surface area contributed by atoms with Crippen molar-refractivity contribution in [2.45, 2.75) is 26.2 Å². The summed E-state index contributed by atoms with van der Waals surface area (Å²) >= 11 is 0. The first-order chi connectivity index (χ1) is 12.2. The average molecular weight is 346 g/mol. The molecule has 1 aromatic heterocycles. The second-order valence-electron chi connectivity index (χ2n) is 6.71. The van der Waals surface area contributed by atoms with Crippen LogP contribution in [0.2, 0.25) is 0 Å². The normalized spacial score (nSPS) is 16.5. The SMILES string of the molecule is CCCc1[nH]c2cc(OC)c(OC)cc2c1CCN1CCN(N)CC1. The van der Waals surface area contributed by atoms with Crippen LogP contribution in [-0.2, 0) is 12.8 Å². The molecular formula is C19H30N4O2. The van der Waals surface area contributed by atoms with Gasteiger partial charge in [0.2, 0.25) is 0 Å². The molecule has 2 heterocycles. The largest absolute Gasteiger partial charge is 0.493 e. The number of fused-ring (bicyclic) bond motifs is 1. The third-order valence-electron chi connectivity index (χ3n) is 5.08. The van der Waals surface area contributed by atoms with E-state index in [1.54, 1.807) is 14.2 Å². The number of hydrogen-bond acceptors (Lipinski definition) is 5. The number of aromatic amines is 1. The topological polar surface area (TPSA) is 66.8 Å². The van der Waals surface area contributed by atoms with E-state index in [4.69, 9.17) is 15.3 Å². The highest BCUT2D eigenvalue weighted by atomic mass is 16.5. The first-order valence-electron chi connectivity index (χ1n) is 9.13. The first kappa shape index (κ1) is 18.0. The number of nitrogens with zero attached hydrogens (tertiary/aromatic N) is 2. The van der Waals surface area contributed by atoms with Gasteiger partial charge in [-0.3, -0.25) is 5.84 Å². The Hall–Kier alpha value is -1.76. The van der Waals surface area contributed by atoms with Crippen molar-refractivity contribution >= 4 is 10.9 Å². The van der Waals surface area contributed by atoms with Gasteiger partial charge in [0.25, 0.3) is 0 Å². The summed E-state index contributed by atoms with van der Waals surface area (Å²) in [5, 5.41) is 3.15. The fraction of sp³-hybridized carbons (Fsp3) is 0.579. The summed E-state index contributed by atoms with van der Waals surface area (Å²) in [7, 11) is 3.37. The number of hydrogen-bond donors (Lipinski definition) is 2. The zero-order valence-corrected chi connectivity index (χ0v) is 15.6. The summed E-state index contributed by atoms with van der Waals surface area (Å²) in [4.78, 5) is 6.10. The minimum absolute atomic E-state index is 0.768. The van der Waals surface area contributed by atoms with Gasteiger partial charge in [0.15, 0.2) is 11.5 Å². The fourth-order valence-corrected chi connectivity index (χ4v) is 3.64. The molecule has 1 fully saturated rings. The van der Waals surface area contributed by atoms with Crippen molar-refractivity contribution in [2.24, 2.45) is 5.84 Å². The lowest BCUT2D eigenvalue weighted by Crippen LogP contribution is -2.49. The average Bonchev–Trinajstić information content (AvgIpc) is 2.96. The molecule has 0 bridgehead atoms. The molecule has 3 N–H and O–H groups in total. The number of aromatic nitrogens is 1. The molecule has 1 aliphatic heterocycles. The molecule has 3 rings (SSSR count). The van der Waals surface area contributed by atoms with Crippen LogP contribution in [0.4, 0.5) is 0 Å². The standard InChI is InChI=1S/C19H30N4O2/c1-4-5-16-14(6-7-22-8-10-23(20)11-9-22)15-12-18(24-2)19(25-3)13-17(15)21-16/h12-13,21H,4-11,20H2,1-3H3. The van der Waals surface area contributed by atoms with E-state index >= 15 is 0 Å². The van der Waals surface area contributed by atoms with Crippen LogP contribution in [0, 0.1) is 0 Å². The molecule has 0 unspecified atom stereocenters. The molecule has 25 heavy (non-hydrogen) atoms. The highest BCUT2D eigenvalue weighted by Crippen LogP contribution is 2.35. The zero-order chi connectivity index (χ0) is 17.8.